The molecule has 0 aliphatic carbocycles. The number of nitrogens with one attached hydrogen (secondary N) is 1. The van der Waals surface area contributed by atoms with Crippen LogP contribution < -0.4 is 4.72 Å². The summed E-state index contributed by atoms with van der Waals surface area (Å²) in [5.41, 5.74) is 0. The average molecular weight is 494 g/mol. The Kier molecular flexibility index (Phi) is 7.28. The van der Waals surface area contributed by atoms with Crippen LogP contribution in [0.5, 0.6) is 0 Å². The van der Waals surface area contributed by atoms with Crippen molar-refractivity contribution in [2.24, 2.45) is 5.92 Å². The molecule has 2 saturated heterocycles. The highest BCUT2D eigenvalue weighted by atomic mass is 32.2. The van der Waals surface area contributed by atoms with Gasteiger partial charge in [0.05, 0.1) is 15.7 Å². The number of carbonyl (C=O) groups is 1. The monoisotopic (exact) mass is 493 g/mol. The molecule has 0 spiro atoms. The van der Waals surface area contributed by atoms with E-state index < -0.39 is 31.9 Å². The maximum absolute atomic E-state index is 13.4. The predicted molar refractivity (Wildman–Crippen MR) is 114 cm³/mol. The molecular formula is C20H29F2N3O5S2. The van der Waals surface area contributed by atoms with Gasteiger partial charge in [0.2, 0.25) is 26.0 Å². The van der Waals surface area contributed by atoms with Gasteiger partial charge in [-0.1, -0.05) is 0 Å². The molecule has 180 valence electrons. The Labute approximate surface area is 188 Å². The summed E-state index contributed by atoms with van der Waals surface area (Å²) in [6.45, 7) is 3.51. The molecule has 1 aromatic carbocycles. The normalized spacial score (nSPS) is 22.8. The van der Waals surface area contributed by atoms with Gasteiger partial charge in [0.15, 0.2) is 0 Å². The largest absolute Gasteiger partial charge is 0.342 e. The van der Waals surface area contributed by atoms with E-state index in [2.05, 4.69) is 4.72 Å². The van der Waals surface area contributed by atoms with Crippen LogP contribution in [0.1, 0.15) is 39.5 Å². The summed E-state index contributed by atoms with van der Waals surface area (Å²) in [7, 11) is -7.69. The number of halogens is 2. The summed E-state index contributed by atoms with van der Waals surface area (Å²) in [5, 5.41) is 0. The van der Waals surface area contributed by atoms with Crippen molar-refractivity contribution in [2.75, 3.05) is 26.2 Å². The maximum atomic E-state index is 13.4. The van der Waals surface area contributed by atoms with Crippen LogP contribution in [0.15, 0.2) is 34.1 Å². The number of nitrogens with zero attached hydrogens (tertiary/aromatic N) is 2. The van der Waals surface area contributed by atoms with Gasteiger partial charge in [-0.15, -0.1) is 0 Å². The molecule has 2 heterocycles. The predicted octanol–water partition coefficient (Wildman–Crippen LogP) is 2.03. The Morgan fingerprint density at radius 2 is 1.59 bits per heavy atom. The van der Waals surface area contributed by atoms with Gasteiger partial charge in [0, 0.05) is 45.1 Å². The van der Waals surface area contributed by atoms with E-state index in [4.69, 9.17) is 0 Å². The Hall–Kier alpha value is -1.63. The lowest BCUT2D eigenvalue weighted by molar-refractivity contribution is -0.142. The SMILES string of the molecule is CC(C)NS(=O)(=O)c1ccc(S(=O)(=O)N2CCCC(C(=O)N3CCC(F)(F)CC3)C2)cc1. The highest BCUT2D eigenvalue weighted by Gasteiger charge is 2.39. The number of sulfonamides is 2. The van der Waals surface area contributed by atoms with Crippen LogP contribution in [0.3, 0.4) is 0 Å². The minimum atomic E-state index is -3.94. The van der Waals surface area contributed by atoms with Gasteiger partial charge < -0.3 is 4.90 Å². The minimum Gasteiger partial charge on any atom is -0.342 e. The van der Waals surface area contributed by atoms with Crippen molar-refractivity contribution in [1.29, 1.82) is 0 Å². The lowest BCUT2D eigenvalue weighted by Gasteiger charge is -2.37. The van der Waals surface area contributed by atoms with E-state index in [-0.39, 0.29) is 60.8 Å². The third-order valence-electron chi connectivity index (χ3n) is 5.70. The summed E-state index contributed by atoms with van der Waals surface area (Å²) in [6.07, 6.45) is 0.211. The summed E-state index contributed by atoms with van der Waals surface area (Å²) in [5.74, 6) is -3.63. The molecule has 12 heteroatoms. The van der Waals surface area contributed by atoms with Crippen LogP contribution in [0.25, 0.3) is 0 Å². The fraction of sp³-hybridized carbons (Fsp3) is 0.650. The number of hydrogen-bond acceptors (Lipinski definition) is 5. The third kappa shape index (κ3) is 5.64. The van der Waals surface area contributed by atoms with Crippen LogP contribution in [0, 0.1) is 5.92 Å². The van der Waals surface area contributed by atoms with Crippen molar-refractivity contribution in [3.63, 3.8) is 0 Å². The van der Waals surface area contributed by atoms with E-state index in [1.807, 2.05) is 0 Å². The number of benzene rings is 1. The molecular weight excluding hydrogens is 464 g/mol. The molecule has 3 rings (SSSR count). The number of piperidine rings is 2. The first-order chi connectivity index (χ1) is 14.8. The van der Waals surface area contributed by atoms with Gasteiger partial charge in [-0.25, -0.2) is 30.3 Å². The van der Waals surface area contributed by atoms with Crippen molar-refractivity contribution >= 4 is 26.0 Å². The topological polar surface area (TPSA) is 104 Å². The molecule has 1 atom stereocenters. The number of rotatable bonds is 6. The quantitative estimate of drug-likeness (QED) is 0.653. The lowest BCUT2D eigenvalue weighted by Crippen LogP contribution is -2.49. The third-order valence-corrected chi connectivity index (χ3v) is 9.26. The Balaban J connectivity index is 1.71. The first kappa shape index (κ1) is 25.0. The van der Waals surface area contributed by atoms with Gasteiger partial charge in [0.25, 0.3) is 5.92 Å². The summed E-state index contributed by atoms with van der Waals surface area (Å²) in [4.78, 5) is 14.1. The van der Waals surface area contributed by atoms with Crippen molar-refractivity contribution in [3.8, 4) is 0 Å². The second kappa shape index (κ2) is 9.32. The molecule has 2 aliphatic heterocycles. The van der Waals surface area contributed by atoms with Crippen LogP contribution in [0.4, 0.5) is 8.78 Å². The zero-order valence-electron chi connectivity index (χ0n) is 18.1. The molecule has 1 amide bonds. The van der Waals surface area contributed by atoms with Gasteiger partial charge in [-0.2, -0.15) is 4.31 Å². The summed E-state index contributed by atoms with van der Waals surface area (Å²) < 4.78 is 81.1. The second-order valence-corrected chi connectivity index (χ2v) is 12.3. The number of alkyl halides is 2. The fourth-order valence-electron chi connectivity index (χ4n) is 3.99. The van der Waals surface area contributed by atoms with E-state index in [1.54, 1.807) is 13.8 Å². The molecule has 1 unspecified atom stereocenters. The minimum absolute atomic E-state index is 0.0248. The van der Waals surface area contributed by atoms with Gasteiger partial charge >= 0.3 is 0 Å². The van der Waals surface area contributed by atoms with E-state index in [0.29, 0.717) is 12.8 Å². The first-order valence-corrected chi connectivity index (χ1v) is 13.5. The van der Waals surface area contributed by atoms with Crippen molar-refractivity contribution in [1.82, 2.24) is 13.9 Å². The molecule has 0 saturated carbocycles. The highest BCUT2D eigenvalue weighted by Crippen LogP contribution is 2.30. The molecule has 2 fully saturated rings. The molecule has 1 aromatic rings. The number of carbonyl (C=O) groups excluding carboxylic acids is 1. The van der Waals surface area contributed by atoms with E-state index >= 15 is 0 Å². The fourth-order valence-corrected chi connectivity index (χ4v) is 6.77. The summed E-state index contributed by atoms with van der Waals surface area (Å²) >= 11 is 0. The molecule has 0 radical (unpaired) electrons. The lowest BCUT2D eigenvalue weighted by atomic mass is 9.96. The van der Waals surface area contributed by atoms with Crippen LogP contribution in [0.2, 0.25) is 0 Å². The number of amides is 1. The van der Waals surface area contributed by atoms with Crippen LogP contribution >= 0.6 is 0 Å². The first-order valence-electron chi connectivity index (χ1n) is 10.6. The standard InChI is InChI=1S/C20H29F2N3O5S2/c1-15(2)23-31(27,28)17-5-7-18(8-6-17)32(29,30)25-11-3-4-16(14-25)19(26)24-12-9-20(21,22)10-13-24/h5-8,15-16,23H,3-4,9-14H2,1-2H3. The molecule has 0 bridgehead atoms. The maximum Gasteiger partial charge on any atom is 0.251 e. The van der Waals surface area contributed by atoms with Crippen molar-refractivity contribution in [2.45, 2.75) is 61.3 Å². The summed E-state index contributed by atoms with van der Waals surface area (Å²) in [6, 6.07) is 4.64. The second-order valence-electron chi connectivity index (χ2n) is 8.63. The molecule has 0 aromatic heterocycles. The molecule has 1 N–H and O–H groups in total. The average Bonchev–Trinajstić information content (AvgIpc) is 2.72. The van der Waals surface area contributed by atoms with Gasteiger partial charge in [-0.05, 0) is 51.0 Å². The Morgan fingerprint density at radius 3 is 2.16 bits per heavy atom. The van der Waals surface area contributed by atoms with E-state index in [1.165, 1.54) is 33.5 Å². The number of likely N-dealkylation sites (tertiary alicyclic amines) is 1. The molecule has 2 aliphatic rings. The van der Waals surface area contributed by atoms with Crippen molar-refractivity contribution in [3.05, 3.63) is 24.3 Å². The molecule has 8 nitrogen and oxygen atoms in total. The van der Waals surface area contributed by atoms with Crippen LogP contribution in [-0.4, -0.2) is 70.1 Å². The molecule has 32 heavy (non-hydrogen) atoms. The number of hydrogen-bond donors (Lipinski definition) is 1. The van der Waals surface area contributed by atoms with Crippen molar-refractivity contribution < 1.29 is 30.4 Å². The Morgan fingerprint density at radius 1 is 1.03 bits per heavy atom. The van der Waals surface area contributed by atoms with Gasteiger partial charge in [-0.3, -0.25) is 4.79 Å². The van der Waals surface area contributed by atoms with E-state index in [9.17, 15) is 30.4 Å². The van der Waals surface area contributed by atoms with Crippen LogP contribution in [-0.2, 0) is 24.8 Å². The zero-order chi connectivity index (χ0) is 23.7. The zero-order valence-corrected chi connectivity index (χ0v) is 19.8. The van der Waals surface area contributed by atoms with E-state index in [0.717, 1.165) is 0 Å². The Bertz CT molecular complexity index is 1030. The highest BCUT2D eigenvalue weighted by molar-refractivity contribution is 7.89. The van der Waals surface area contributed by atoms with Gasteiger partial charge in [0.1, 0.15) is 0 Å². The smallest absolute Gasteiger partial charge is 0.251 e.